The van der Waals surface area contributed by atoms with E-state index in [4.69, 9.17) is 5.21 Å². The lowest BCUT2D eigenvalue weighted by Gasteiger charge is -2.27. The maximum atomic E-state index is 12.2. The smallest absolute Gasteiger partial charge is 0.268 e. The highest BCUT2D eigenvalue weighted by Gasteiger charge is 2.38. The summed E-state index contributed by atoms with van der Waals surface area (Å²) in [6.45, 7) is 1.61. The zero-order valence-corrected chi connectivity index (χ0v) is 11.7. The summed E-state index contributed by atoms with van der Waals surface area (Å²) in [6.07, 6.45) is -1.09. The van der Waals surface area contributed by atoms with Gasteiger partial charge in [0.2, 0.25) is 0 Å². The first-order valence-corrected chi connectivity index (χ1v) is 6.46. The van der Waals surface area contributed by atoms with Crippen molar-refractivity contribution in [2.75, 3.05) is 0 Å². The van der Waals surface area contributed by atoms with Crippen molar-refractivity contribution in [2.24, 2.45) is 0 Å². The standard InChI is InChI=1S/C12H13BrN2O4/c1-6(16)10(11(17)14-19)15-5-7-4-8(13)2-3-9(7)12(15)18/h2-4,6,10,16,19H,5H2,1H3,(H,14,17)/t6-,10-/m1/s1. The van der Waals surface area contributed by atoms with Crippen molar-refractivity contribution in [3.63, 3.8) is 0 Å². The van der Waals surface area contributed by atoms with Crippen molar-refractivity contribution in [1.82, 2.24) is 10.4 Å². The summed E-state index contributed by atoms with van der Waals surface area (Å²) in [7, 11) is 0. The summed E-state index contributed by atoms with van der Waals surface area (Å²) >= 11 is 3.31. The number of nitrogens with zero attached hydrogens (tertiary/aromatic N) is 1. The van der Waals surface area contributed by atoms with Gasteiger partial charge >= 0.3 is 0 Å². The van der Waals surface area contributed by atoms with Gasteiger partial charge in [-0.1, -0.05) is 15.9 Å². The Hall–Kier alpha value is -1.44. The molecule has 0 aliphatic carbocycles. The van der Waals surface area contributed by atoms with E-state index in [1.807, 2.05) is 0 Å². The molecule has 0 bridgehead atoms. The Balaban J connectivity index is 2.34. The molecule has 7 heteroatoms. The summed E-state index contributed by atoms with van der Waals surface area (Å²) in [6, 6.07) is 4.08. The number of fused-ring (bicyclic) bond motifs is 1. The SMILES string of the molecule is C[C@@H](O)[C@H](C(=O)NO)N1Cc2cc(Br)ccc2C1=O. The van der Waals surface area contributed by atoms with Gasteiger partial charge in [0.15, 0.2) is 0 Å². The first-order chi connectivity index (χ1) is 8.95. The third-order valence-corrected chi connectivity index (χ3v) is 3.56. The zero-order valence-electron chi connectivity index (χ0n) is 10.1. The molecule has 0 unspecified atom stereocenters. The fourth-order valence-electron chi connectivity index (χ4n) is 2.22. The quantitative estimate of drug-likeness (QED) is 0.561. The van der Waals surface area contributed by atoms with Gasteiger partial charge in [0.05, 0.1) is 6.10 Å². The molecular weight excluding hydrogens is 316 g/mol. The number of hydrogen-bond donors (Lipinski definition) is 3. The molecule has 0 aromatic heterocycles. The maximum absolute atomic E-state index is 12.2. The van der Waals surface area contributed by atoms with Gasteiger partial charge in [-0.3, -0.25) is 14.8 Å². The lowest BCUT2D eigenvalue weighted by molar-refractivity contribution is -0.137. The van der Waals surface area contributed by atoms with E-state index < -0.39 is 18.1 Å². The number of halogens is 1. The number of hydroxylamine groups is 1. The molecule has 2 amide bonds. The predicted molar refractivity (Wildman–Crippen MR) is 69.4 cm³/mol. The molecule has 0 saturated carbocycles. The second-order valence-corrected chi connectivity index (χ2v) is 5.31. The lowest BCUT2D eigenvalue weighted by Crippen LogP contribution is -2.52. The van der Waals surface area contributed by atoms with Crippen LogP contribution in [0.5, 0.6) is 0 Å². The molecule has 1 heterocycles. The fraction of sp³-hybridized carbons (Fsp3) is 0.333. The Labute approximate surface area is 118 Å². The molecule has 0 radical (unpaired) electrons. The van der Waals surface area contributed by atoms with Crippen LogP contribution >= 0.6 is 15.9 Å². The van der Waals surface area contributed by atoms with Crippen LogP contribution in [0.15, 0.2) is 22.7 Å². The monoisotopic (exact) mass is 328 g/mol. The fourth-order valence-corrected chi connectivity index (χ4v) is 2.63. The number of carbonyl (C=O) groups is 2. The summed E-state index contributed by atoms with van der Waals surface area (Å²) < 4.78 is 0.834. The van der Waals surface area contributed by atoms with Gasteiger partial charge in [0, 0.05) is 16.6 Å². The van der Waals surface area contributed by atoms with Crippen LogP contribution in [0.1, 0.15) is 22.8 Å². The number of rotatable bonds is 3. The van der Waals surface area contributed by atoms with Crippen LogP contribution in [0.3, 0.4) is 0 Å². The average molecular weight is 329 g/mol. The molecule has 1 aliphatic heterocycles. The van der Waals surface area contributed by atoms with Crippen molar-refractivity contribution in [1.29, 1.82) is 0 Å². The molecule has 3 N–H and O–H groups in total. The highest BCUT2D eigenvalue weighted by Crippen LogP contribution is 2.28. The van der Waals surface area contributed by atoms with Crippen molar-refractivity contribution in [2.45, 2.75) is 25.6 Å². The highest BCUT2D eigenvalue weighted by atomic mass is 79.9. The molecule has 102 valence electrons. The molecule has 1 aromatic rings. The zero-order chi connectivity index (χ0) is 14.2. The maximum Gasteiger partial charge on any atom is 0.268 e. The van der Waals surface area contributed by atoms with Crippen molar-refractivity contribution < 1.29 is 19.9 Å². The van der Waals surface area contributed by atoms with Crippen LogP contribution in [0, 0.1) is 0 Å². The molecule has 0 spiro atoms. The third-order valence-electron chi connectivity index (χ3n) is 3.07. The van der Waals surface area contributed by atoms with Crippen LogP contribution < -0.4 is 5.48 Å². The van der Waals surface area contributed by atoms with Crippen LogP contribution in [0.4, 0.5) is 0 Å². The minimum absolute atomic E-state index is 0.219. The average Bonchev–Trinajstić information content (AvgIpc) is 2.66. The van der Waals surface area contributed by atoms with Gasteiger partial charge in [-0.05, 0) is 30.7 Å². The summed E-state index contributed by atoms with van der Waals surface area (Å²) in [5.74, 6) is -1.15. The minimum Gasteiger partial charge on any atom is -0.391 e. The molecule has 19 heavy (non-hydrogen) atoms. The molecule has 0 saturated heterocycles. The molecular formula is C12H13BrN2O4. The number of amides is 2. The van der Waals surface area contributed by atoms with Gasteiger partial charge in [-0.2, -0.15) is 0 Å². The summed E-state index contributed by atoms with van der Waals surface area (Å²) in [5, 5.41) is 18.4. The molecule has 0 fully saturated rings. The van der Waals surface area contributed by atoms with E-state index in [0.29, 0.717) is 5.56 Å². The van der Waals surface area contributed by atoms with Gasteiger partial charge < -0.3 is 10.0 Å². The van der Waals surface area contributed by atoms with E-state index in [1.54, 1.807) is 18.2 Å². The molecule has 1 aromatic carbocycles. The van der Waals surface area contributed by atoms with Gasteiger partial charge in [0.25, 0.3) is 11.8 Å². The first kappa shape index (κ1) is 14.0. The highest BCUT2D eigenvalue weighted by molar-refractivity contribution is 9.10. The number of aliphatic hydroxyl groups is 1. The van der Waals surface area contributed by atoms with E-state index in [9.17, 15) is 14.7 Å². The number of carbonyl (C=O) groups excluding carboxylic acids is 2. The lowest BCUT2D eigenvalue weighted by atomic mass is 10.1. The van der Waals surface area contributed by atoms with Crippen molar-refractivity contribution in [3.05, 3.63) is 33.8 Å². The molecule has 2 atom stereocenters. The summed E-state index contributed by atoms with van der Waals surface area (Å²) in [4.78, 5) is 25.0. The molecule has 2 rings (SSSR count). The Morgan fingerprint density at radius 1 is 1.53 bits per heavy atom. The Bertz CT molecular complexity index is 532. The normalized spacial score (nSPS) is 17.1. The van der Waals surface area contributed by atoms with E-state index in [1.165, 1.54) is 17.3 Å². The van der Waals surface area contributed by atoms with Gasteiger partial charge in [-0.15, -0.1) is 0 Å². The Morgan fingerprint density at radius 3 is 2.79 bits per heavy atom. The minimum atomic E-state index is -1.12. The molecule has 6 nitrogen and oxygen atoms in total. The van der Waals surface area contributed by atoms with Crippen LogP contribution in [-0.2, 0) is 11.3 Å². The first-order valence-electron chi connectivity index (χ1n) is 5.67. The van der Waals surface area contributed by atoms with Crippen LogP contribution in [0.25, 0.3) is 0 Å². The van der Waals surface area contributed by atoms with E-state index >= 15 is 0 Å². The Morgan fingerprint density at radius 2 is 2.21 bits per heavy atom. The van der Waals surface area contributed by atoms with E-state index in [0.717, 1.165) is 10.0 Å². The predicted octanol–water partition coefficient (Wildman–Crippen LogP) is 0.660. The number of hydrogen-bond acceptors (Lipinski definition) is 4. The van der Waals surface area contributed by atoms with Gasteiger partial charge in [-0.25, -0.2) is 5.48 Å². The topological polar surface area (TPSA) is 89.9 Å². The summed E-state index contributed by atoms with van der Waals surface area (Å²) in [5.41, 5.74) is 2.75. The third kappa shape index (κ3) is 2.49. The second kappa shape index (κ2) is 5.28. The van der Waals surface area contributed by atoms with E-state index in [-0.39, 0.29) is 12.5 Å². The van der Waals surface area contributed by atoms with Crippen LogP contribution in [-0.4, -0.2) is 39.2 Å². The molecule has 1 aliphatic rings. The second-order valence-electron chi connectivity index (χ2n) is 4.40. The number of nitrogens with one attached hydrogen (secondary N) is 1. The van der Waals surface area contributed by atoms with Crippen molar-refractivity contribution >= 4 is 27.7 Å². The Kier molecular flexibility index (Phi) is 3.88. The van der Waals surface area contributed by atoms with Gasteiger partial charge in [0.1, 0.15) is 6.04 Å². The van der Waals surface area contributed by atoms with Crippen LogP contribution in [0.2, 0.25) is 0 Å². The van der Waals surface area contributed by atoms with Crippen molar-refractivity contribution in [3.8, 4) is 0 Å². The number of aliphatic hydroxyl groups excluding tert-OH is 1. The number of benzene rings is 1. The largest absolute Gasteiger partial charge is 0.391 e. The van der Waals surface area contributed by atoms with E-state index in [2.05, 4.69) is 15.9 Å².